The van der Waals surface area contributed by atoms with Crippen LogP contribution in [0.5, 0.6) is 16.7 Å². The summed E-state index contributed by atoms with van der Waals surface area (Å²) < 4.78 is 5.48. The Labute approximate surface area is 106 Å². The van der Waals surface area contributed by atoms with Crippen molar-refractivity contribution < 1.29 is 9.84 Å². The van der Waals surface area contributed by atoms with E-state index in [2.05, 4.69) is 4.98 Å². The van der Waals surface area contributed by atoms with Crippen LogP contribution in [0.2, 0.25) is 0 Å². The lowest BCUT2D eigenvalue weighted by Crippen LogP contribution is -1.89. The third kappa shape index (κ3) is 1.96. The van der Waals surface area contributed by atoms with E-state index in [-0.39, 0.29) is 15.8 Å². The van der Waals surface area contributed by atoms with Gasteiger partial charge in [-0.05, 0) is 34.2 Å². The summed E-state index contributed by atoms with van der Waals surface area (Å²) in [7, 11) is 0. The normalized spacial score (nSPS) is 10.7. The first-order valence-electron chi connectivity index (χ1n) is 5.31. The molecule has 90 valence electrons. The molecule has 3 aromatic rings. The summed E-state index contributed by atoms with van der Waals surface area (Å²) in [6.45, 7) is 0. The van der Waals surface area contributed by atoms with Gasteiger partial charge in [0, 0.05) is 0 Å². The second kappa shape index (κ2) is 4.19. The average Bonchev–Trinajstić information content (AvgIpc) is 2.68. The second-order valence-corrected chi connectivity index (χ2v) is 4.71. The lowest BCUT2D eigenvalue weighted by atomic mass is 10.1. The molecule has 0 aliphatic carbocycles. The summed E-state index contributed by atoms with van der Waals surface area (Å²) in [5, 5.41) is 11.8. The predicted molar refractivity (Wildman–Crippen MR) is 70.6 cm³/mol. The molecule has 1 heterocycles. The van der Waals surface area contributed by atoms with Crippen molar-refractivity contribution in [1.29, 1.82) is 0 Å². The number of benzene rings is 2. The smallest absolute Gasteiger partial charge is 0.310 e. The minimum Gasteiger partial charge on any atom is -0.491 e. The predicted octanol–water partition coefficient (Wildman–Crippen LogP) is 3.09. The molecule has 18 heavy (non-hydrogen) atoms. The Morgan fingerprint density at radius 2 is 1.89 bits per heavy atom. The molecule has 0 saturated heterocycles. The fourth-order valence-electron chi connectivity index (χ4n) is 1.71. The molecule has 0 amide bonds. The van der Waals surface area contributed by atoms with Crippen molar-refractivity contribution in [2.75, 3.05) is 0 Å². The molecule has 1 aromatic heterocycles. The van der Waals surface area contributed by atoms with Gasteiger partial charge in [-0.2, -0.15) is 0 Å². The van der Waals surface area contributed by atoms with Crippen molar-refractivity contribution >= 4 is 22.1 Å². The van der Waals surface area contributed by atoms with Gasteiger partial charge in [-0.15, -0.1) is 0 Å². The Bertz CT molecular complexity index is 760. The summed E-state index contributed by atoms with van der Waals surface area (Å²) in [5.74, 6) is 0.345. The number of nitrogens with one attached hydrogen (secondary N) is 1. The third-order valence-electron chi connectivity index (χ3n) is 2.53. The quantitative estimate of drug-likeness (QED) is 0.743. The van der Waals surface area contributed by atoms with Gasteiger partial charge in [-0.3, -0.25) is 9.78 Å². The molecule has 0 bridgehead atoms. The summed E-state index contributed by atoms with van der Waals surface area (Å²) in [5.41, 5.74) is 0. The topological polar surface area (TPSA) is 62.3 Å². The van der Waals surface area contributed by atoms with Crippen LogP contribution >= 0.6 is 11.3 Å². The van der Waals surface area contributed by atoms with Crippen LogP contribution < -0.4 is 9.61 Å². The molecule has 0 aliphatic heterocycles. The monoisotopic (exact) mass is 259 g/mol. The van der Waals surface area contributed by atoms with Gasteiger partial charge in [0.25, 0.3) is 0 Å². The highest BCUT2D eigenvalue weighted by atomic mass is 32.1. The number of hydrogen-bond acceptors (Lipinski definition) is 4. The van der Waals surface area contributed by atoms with Crippen molar-refractivity contribution in [2.24, 2.45) is 0 Å². The molecule has 0 saturated carbocycles. The molecule has 4 nitrogen and oxygen atoms in total. The average molecular weight is 259 g/mol. The number of aromatic nitrogens is 1. The molecular weight excluding hydrogens is 250 g/mol. The van der Waals surface area contributed by atoms with E-state index in [1.807, 2.05) is 36.4 Å². The molecule has 5 heteroatoms. The van der Waals surface area contributed by atoms with Crippen molar-refractivity contribution in [3.8, 4) is 16.7 Å². The van der Waals surface area contributed by atoms with Crippen molar-refractivity contribution in [2.45, 2.75) is 0 Å². The van der Waals surface area contributed by atoms with E-state index < -0.39 is 0 Å². The number of fused-ring (bicyclic) bond motifs is 1. The van der Waals surface area contributed by atoms with Crippen LogP contribution in [0.25, 0.3) is 10.8 Å². The van der Waals surface area contributed by atoms with Gasteiger partial charge in [-0.1, -0.05) is 30.3 Å². The van der Waals surface area contributed by atoms with Crippen LogP contribution in [0.1, 0.15) is 0 Å². The lowest BCUT2D eigenvalue weighted by molar-refractivity contribution is 0.407. The van der Waals surface area contributed by atoms with Gasteiger partial charge in [-0.25, -0.2) is 0 Å². The van der Waals surface area contributed by atoms with Crippen molar-refractivity contribution in [1.82, 2.24) is 4.98 Å². The van der Waals surface area contributed by atoms with Crippen LogP contribution in [0, 0.1) is 0 Å². The first-order valence-corrected chi connectivity index (χ1v) is 6.13. The van der Waals surface area contributed by atoms with E-state index >= 15 is 0 Å². The van der Waals surface area contributed by atoms with E-state index in [0.717, 1.165) is 22.1 Å². The number of aromatic hydroxyl groups is 1. The first kappa shape index (κ1) is 10.9. The van der Waals surface area contributed by atoms with E-state index in [1.54, 1.807) is 6.07 Å². The SMILES string of the molecule is O=c1[nH]c(O)c(Oc2ccc3ccccc3c2)s1. The lowest BCUT2D eigenvalue weighted by Gasteiger charge is -2.04. The number of hydrogen-bond donors (Lipinski definition) is 2. The Morgan fingerprint density at radius 1 is 1.11 bits per heavy atom. The Hall–Kier alpha value is -2.27. The molecule has 0 unspecified atom stereocenters. The van der Waals surface area contributed by atoms with Gasteiger partial charge in [0.05, 0.1) is 0 Å². The summed E-state index contributed by atoms with van der Waals surface area (Å²) in [4.78, 5) is 13.0. The molecule has 2 aromatic carbocycles. The summed E-state index contributed by atoms with van der Waals surface area (Å²) in [6, 6.07) is 13.5. The van der Waals surface area contributed by atoms with E-state index in [9.17, 15) is 9.90 Å². The fraction of sp³-hybridized carbons (Fsp3) is 0. The zero-order valence-electron chi connectivity index (χ0n) is 9.21. The number of thiazole rings is 1. The van der Waals surface area contributed by atoms with Gasteiger partial charge >= 0.3 is 4.87 Å². The summed E-state index contributed by atoms with van der Waals surface area (Å²) >= 11 is 0.831. The van der Waals surface area contributed by atoms with E-state index in [1.165, 1.54) is 0 Å². The highest BCUT2D eigenvalue weighted by Gasteiger charge is 2.09. The van der Waals surface area contributed by atoms with Crippen molar-refractivity contribution in [3.63, 3.8) is 0 Å². The van der Waals surface area contributed by atoms with Gasteiger partial charge in [0.1, 0.15) is 5.75 Å². The number of ether oxygens (including phenoxy) is 1. The Kier molecular flexibility index (Phi) is 2.53. The van der Waals surface area contributed by atoms with Crippen LogP contribution in [0.3, 0.4) is 0 Å². The Balaban J connectivity index is 2.00. The van der Waals surface area contributed by atoms with Gasteiger partial charge in [0.15, 0.2) is 0 Å². The minimum atomic E-state index is -0.344. The number of rotatable bonds is 2. The maximum atomic E-state index is 11.0. The fourth-order valence-corrected chi connectivity index (χ4v) is 2.31. The van der Waals surface area contributed by atoms with Crippen molar-refractivity contribution in [3.05, 3.63) is 52.1 Å². The molecule has 0 fully saturated rings. The van der Waals surface area contributed by atoms with E-state index in [4.69, 9.17) is 4.74 Å². The molecule has 0 spiro atoms. The molecule has 2 N–H and O–H groups in total. The van der Waals surface area contributed by atoms with Gasteiger partial charge in [0.2, 0.25) is 10.9 Å². The van der Waals surface area contributed by atoms with Crippen LogP contribution in [0.4, 0.5) is 0 Å². The zero-order chi connectivity index (χ0) is 12.5. The second-order valence-electron chi connectivity index (χ2n) is 3.76. The molecule has 3 rings (SSSR count). The van der Waals surface area contributed by atoms with Crippen LogP contribution in [0.15, 0.2) is 47.3 Å². The first-order chi connectivity index (χ1) is 8.72. The number of aromatic amines is 1. The van der Waals surface area contributed by atoms with Gasteiger partial charge < -0.3 is 9.84 Å². The molecule has 0 atom stereocenters. The maximum absolute atomic E-state index is 11.0. The number of H-pyrrole nitrogens is 1. The third-order valence-corrected chi connectivity index (χ3v) is 3.28. The standard InChI is InChI=1S/C13H9NO3S/c15-11-12(18-13(16)14-11)17-10-6-5-8-3-1-2-4-9(8)7-10/h1-7,15H,(H,14,16). The molecule has 0 radical (unpaired) electrons. The molecular formula is C13H9NO3S. The highest BCUT2D eigenvalue weighted by Crippen LogP contribution is 2.32. The Morgan fingerprint density at radius 3 is 2.61 bits per heavy atom. The van der Waals surface area contributed by atoms with Crippen LogP contribution in [-0.4, -0.2) is 10.1 Å². The highest BCUT2D eigenvalue weighted by molar-refractivity contribution is 7.11. The molecule has 0 aliphatic rings. The van der Waals surface area contributed by atoms with E-state index in [0.29, 0.717) is 5.75 Å². The largest absolute Gasteiger partial charge is 0.491 e. The summed E-state index contributed by atoms with van der Waals surface area (Å²) in [6.07, 6.45) is 0. The zero-order valence-corrected chi connectivity index (χ0v) is 10.0. The van der Waals surface area contributed by atoms with Crippen LogP contribution in [-0.2, 0) is 0 Å². The maximum Gasteiger partial charge on any atom is 0.310 e. The minimum absolute atomic E-state index is 0.176.